The van der Waals surface area contributed by atoms with Gasteiger partial charge in [0.1, 0.15) is 5.69 Å². The second kappa shape index (κ2) is 6.48. The average molecular weight is 329 g/mol. The average Bonchev–Trinajstić information content (AvgIpc) is 3.00. The monoisotopic (exact) mass is 329 g/mol. The molecule has 0 spiro atoms. The van der Waals surface area contributed by atoms with Crippen LogP contribution in [0, 0.1) is 0 Å². The van der Waals surface area contributed by atoms with E-state index in [-0.39, 0.29) is 0 Å². The van der Waals surface area contributed by atoms with E-state index in [1.54, 1.807) is 12.4 Å². The number of unbranched alkanes of at least 4 members (excludes halogenated alkanes) is 1. The number of carbonyl (C=O) groups excluding carboxylic acids is 1. The minimum absolute atomic E-state index is 0.449. The van der Waals surface area contributed by atoms with Crippen molar-refractivity contribution in [3.63, 3.8) is 0 Å². The molecule has 0 aliphatic heterocycles. The van der Waals surface area contributed by atoms with Gasteiger partial charge >= 0.3 is 0 Å². The molecule has 1 aromatic carbocycles. The van der Waals surface area contributed by atoms with Gasteiger partial charge in [-0.1, -0.05) is 31.5 Å². The van der Waals surface area contributed by atoms with Crippen LogP contribution < -0.4 is 0 Å². The largest absolute Gasteiger partial charge is 0.339 e. The SMILES string of the molecule is CCCCn1c2ccccc2c2cc(C=O)nc(-c3cccnc3)c21. The van der Waals surface area contributed by atoms with Crippen molar-refractivity contribution in [2.45, 2.75) is 26.3 Å². The van der Waals surface area contributed by atoms with E-state index in [4.69, 9.17) is 0 Å². The zero-order valence-electron chi connectivity index (χ0n) is 14.1. The van der Waals surface area contributed by atoms with Crippen molar-refractivity contribution in [1.82, 2.24) is 14.5 Å². The number of hydrogen-bond acceptors (Lipinski definition) is 3. The Bertz CT molecular complexity index is 1050. The Labute approximate surface area is 146 Å². The number of aryl methyl sites for hydroxylation is 1. The molecule has 4 nitrogen and oxygen atoms in total. The highest BCUT2D eigenvalue weighted by Crippen LogP contribution is 2.35. The number of aldehydes is 1. The molecule has 3 aromatic heterocycles. The van der Waals surface area contributed by atoms with Crippen LogP contribution in [0.1, 0.15) is 30.3 Å². The Morgan fingerprint density at radius 3 is 2.76 bits per heavy atom. The van der Waals surface area contributed by atoms with Gasteiger partial charge in [-0.05, 0) is 30.7 Å². The van der Waals surface area contributed by atoms with Gasteiger partial charge in [0.2, 0.25) is 0 Å². The molecule has 0 N–H and O–H groups in total. The first-order valence-corrected chi connectivity index (χ1v) is 8.61. The van der Waals surface area contributed by atoms with Gasteiger partial charge in [0.15, 0.2) is 6.29 Å². The van der Waals surface area contributed by atoms with Crippen LogP contribution in [-0.2, 0) is 6.54 Å². The lowest BCUT2D eigenvalue weighted by Crippen LogP contribution is -2.01. The molecule has 0 unspecified atom stereocenters. The lowest BCUT2D eigenvalue weighted by molar-refractivity contribution is 0.111. The van der Waals surface area contributed by atoms with E-state index in [9.17, 15) is 4.79 Å². The third kappa shape index (κ3) is 2.60. The third-order valence-corrected chi connectivity index (χ3v) is 4.56. The Kier molecular flexibility index (Phi) is 4.02. The van der Waals surface area contributed by atoms with Crippen LogP contribution in [0.4, 0.5) is 0 Å². The molecule has 0 saturated carbocycles. The summed E-state index contributed by atoms with van der Waals surface area (Å²) in [6, 6.07) is 14.1. The lowest BCUT2D eigenvalue weighted by Gasteiger charge is -2.10. The van der Waals surface area contributed by atoms with Crippen LogP contribution in [0.15, 0.2) is 54.9 Å². The fourth-order valence-corrected chi connectivity index (χ4v) is 3.41. The van der Waals surface area contributed by atoms with Crippen LogP contribution in [0.5, 0.6) is 0 Å². The maximum absolute atomic E-state index is 11.5. The van der Waals surface area contributed by atoms with E-state index in [1.807, 2.05) is 24.3 Å². The molecule has 0 atom stereocenters. The first-order valence-electron chi connectivity index (χ1n) is 8.61. The number of carbonyl (C=O) groups is 1. The van der Waals surface area contributed by atoms with Gasteiger partial charge in [0.05, 0.1) is 11.2 Å². The summed E-state index contributed by atoms with van der Waals surface area (Å²) in [6.07, 6.45) is 6.58. The zero-order chi connectivity index (χ0) is 17.2. The Balaban J connectivity index is 2.14. The Morgan fingerprint density at radius 1 is 1.12 bits per heavy atom. The minimum Gasteiger partial charge on any atom is -0.339 e. The molecule has 0 fully saturated rings. The van der Waals surface area contributed by atoms with Crippen molar-refractivity contribution in [2.75, 3.05) is 0 Å². The molecule has 4 rings (SSSR count). The van der Waals surface area contributed by atoms with Crippen molar-refractivity contribution in [3.05, 3.63) is 60.6 Å². The summed E-state index contributed by atoms with van der Waals surface area (Å²) in [5.41, 5.74) is 4.45. The molecule has 0 aliphatic rings. The number of pyridine rings is 2. The standard InChI is InChI=1S/C21H19N3O/c1-2-3-11-24-19-9-5-4-8-17(19)18-12-16(14-25)23-20(21(18)24)15-7-6-10-22-13-15/h4-10,12-14H,2-3,11H2,1H3. The highest BCUT2D eigenvalue weighted by Gasteiger charge is 2.17. The van der Waals surface area contributed by atoms with Gasteiger partial charge < -0.3 is 4.57 Å². The highest BCUT2D eigenvalue weighted by atomic mass is 16.1. The fraction of sp³-hybridized carbons (Fsp3) is 0.190. The van der Waals surface area contributed by atoms with Crippen molar-refractivity contribution < 1.29 is 4.79 Å². The molecule has 0 saturated heterocycles. The maximum Gasteiger partial charge on any atom is 0.168 e. The van der Waals surface area contributed by atoms with E-state index in [2.05, 4.69) is 39.7 Å². The molecule has 0 radical (unpaired) electrons. The summed E-state index contributed by atoms with van der Waals surface area (Å²) in [5.74, 6) is 0. The zero-order valence-corrected chi connectivity index (χ0v) is 14.1. The normalized spacial score (nSPS) is 11.2. The summed E-state index contributed by atoms with van der Waals surface area (Å²) in [6.45, 7) is 3.12. The summed E-state index contributed by atoms with van der Waals surface area (Å²) < 4.78 is 2.33. The maximum atomic E-state index is 11.5. The Hall–Kier alpha value is -3.01. The molecule has 0 bridgehead atoms. The topological polar surface area (TPSA) is 47.8 Å². The van der Waals surface area contributed by atoms with Crippen molar-refractivity contribution in [1.29, 1.82) is 0 Å². The molecular formula is C21H19N3O. The molecule has 0 amide bonds. The van der Waals surface area contributed by atoms with Crippen LogP contribution in [0.3, 0.4) is 0 Å². The van der Waals surface area contributed by atoms with E-state index in [0.29, 0.717) is 5.69 Å². The number of fused-ring (bicyclic) bond motifs is 3. The number of hydrogen-bond donors (Lipinski definition) is 0. The molecule has 4 heteroatoms. The molecular weight excluding hydrogens is 310 g/mol. The fourth-order valence-electron chi connectivity index (χ4n) is 3.41. The number of para-hydroxylation sites is 1. The third-order valence-electron chi connectivity index (χ3n) is 4.56. The summed E-state index contributed by atoms with van der Waals surface area (Å²) in [7, 11) is 0. The van der Waals surface area contributed by atoms with Gasteiger partial charge in [-0.3, -0.25) is 9.78 Å². The lowest BCUT2D eigenvalue weighted by atomic mass is 10.1. The quantitative estimate of drug-likeness (QED) is 0.491. The molecule has 0 aliphatic carbocycles. The van der Waals surface area contributed by atoms with Crippen LogP contribution in [-0.4, -0.2) is 20.8 Å². The first kappa shape index (κ1) is 15.5. The second-order valence-electron chi connectivity index (χ2n) is 6.17. The number of rotatable bonds is 5. The van der Waals surface area contributed by atoms with Gasteiger partial charge in [-0.2, -0.15) is 0 Å². The predicted molar refractivity (Wildman–Crippen MR) is 101 cm³/mol. The minimum atomic E-state index is 0.449. The molecule has 25 heavy (non-hydrogen) atoms. The highest BCUT2D eigenvalue weighted by molar-refractivity contribution is 6.12. The summed E-state index contributed by atoms with van der Waals surface area (Å²) in [4.78, 5) is 20.3. The van der Waals surface area contributed by atoms with E-state index in [0.717, 1.165) is 53.2 Å². The van der Waals surface area contributed by atoms with Crippen LogP contribution in [0.2, 0.25) is 0 Å². The molecule has 3 heterocycles. The smallest absolute Gasteiger partial charge is 0.168 e. The Morgan fingerprint density at radius 2 is 2.00 bits per heavy atom. The summed E-state index contributed by atoms with van der Waals surface area (Å²) >= 11 is 0. The van der Waals surface area contributed by atoms with Crippen LogP contribution >= 0.6 is 0 Å². The predicted octanol–water partition coefficient (Wildman–Crippen LogP) is 4.86. The van der Waals surface area contributed by atoms with Crippen molar-refractivity contribution >= 4 is 28.1 Å². The van der Waals surface area contributed by atoms with Crippen LogP contribution in [0.25, 0.3) is 33.1 Å². The number of aromatic nitrogens is 3. The molecule has 4 aromatic rings. The van der Waals surface area contributed by atoms with E-state index in [1.165, 1.54) is 5.52 Å². The van der Waals surface area contributed by atoms with Gasteiger partial charge in [0.25, 0.3) is 0 Å². The molecule has 124 valence electrons. The first-order chi connectivity index (χ1) is 12.3. The second-order valence-corrected chi connectivity index (χ2v) is 6.17. The van der Waals surface area contributed by atoms with Gasteiger partial charge in [-0.25, -0.2) is 4.98 Å². The summed E-state index contributed by atoms with van der Waals surface area (Å²) in [5, 5.41) is 2.23. The number of nitrogens with zero attached hydrogens (tertiary/aromatic N) is 3. The van der Waals surface area contributed by atoms with E-state index >= 15 is 0 Å². The van der Waals surface area contributed by atoms with Crippen molar-refractivity contribution in [2.24, 2.45) is 0 Å². The van der Waals surface area contributed by atoms with Gasteiger partial charge in [0, 0.05) is 40.8 Å². The van der Waals surface area contributed by atoms with E-state index < -0.39 is 0 Å². The van der Waals surface area contributed by atoms with Crippen molar-refractivity contribution in [3.8, 4) is 11.3 Å². The van der Waals surface area contributed by atoms with Gasteiger partial charge in [-0.15, -0.1) is 0 Å². The number of benzene rings is 1.